The third-order valence-corrected chi connectivity index (χ3v) is 5.32. The molecule has 184 valence electrons. The molecule has 1 fully saturated rings. The van der Waals surface area contributed by atoms with E-state index in [0.717, 1.165) is 18.9 Å². The van der Waals surface area contributed by atoms with E-state index in [4.69, 9.17) is 10.5 Å². The van der Waals surface area contributed by atoms with Crippen LogP contribution >= 0.6 is 0 Å². The fraction of sp³-hybridized carbons (Fsp3) is 0.478. The van der Waals surface area contributed by atoms with Gasteiger partial charge in [-0.05, 0) is 46.6 Å². The van der Waals surface area contributed by atoms with Gasteiger partial charge in [-0.1, -0.05) is 12.8 Å². The van der Waals surface area contributed by atoms with Crippen LogP contribution in [0, 0.1) is 18.6 Å². The van der Waals surface area contributed by atoms with Crippen molar-refractivity contribution in [3.05, 3.63) is 41.2 Å². The van der Waals surface area contributed by atoms with Gasteiger partial charge in [-0.3, -0.25) is 9.78 Å². The van der Waals surface area contributed by atoms with Crippen molar-refractivity contribution in [1.82, 2.24) is 15.3 Å². The van der Waals surface area contributed by atoms with E-state index >= 15 is 0 Å². The second-order valence-electron chi connectivity index (χ2n) is 9.28. The molecule has 0 bridgehead atoms. The lowest BCUT2D eigenvalue weighted by Gasteiger charge is -2.34. The fourth-order valence-electron chi connectivity index (χ4n) is 3.70. The highest BCUT2D eigenvalue weighted by Gasteiger charge is 2.30. The summed E-state index contributed by atoms with van der Waals surface area (Å²) in [6.45, 7) is 6.82. The van der Waals surface area contributed by atoms with Crippen LogP contribution in [0.15, 0.2) is 18.3 Å². The zero-order chi connectivity index (χ0) is 25.0. The number of alkyl carbamates (subject to hydrolysis) is 1. The highest BCUT2D eigenvalue weighted by atomic mass is 19.1. The molecule has 0 spiro atoms. The molecule has 2 aromatic rings. The first-order valence-electron chi connectivity index (χ1n) is 11.1. The molecule has 0 aliphatic heterocycles. The number of pyridine rings is 2. The summed E-state index contributed by atoms with van der Waals surface area (Å²) in [6.07, 6.45) is 3.92. The van der Waals surface area contributed by atoms with Crippen molar-refractivity contribution in [3.8, 4) is 0 Å². The number of aryl methyl sites for hydroxylation is 1. The summed E-state index contributed by atoms with van der Waals surface area (Å²) in [5.41, 5.74) is 4.97. The molecular weight excluding hydrogens is 446 g/mol. The van der Waals surface area contributed by atoms with Crippen molar-refractivity contribution in [2.45, 2.75) is 71.1 Å². The zero-order valence-corrected chi connectivity index (χ0v) is 19.7. The standard InChI is InChI=1S/C23H30F2N6O3/c1-12-15(24)9-13(11-27-12)28-20-14(19(26)32)10-16(25)21(31-20)29-17-7-5-6-8-18(17)30-22(33)34-23(2,3)4/h9-11,17-18H,5-8H2,1-4H3,(H2,26,32)(H,30,33)(H2,28,29,31)/t17-,18+/m1/s1. The number of nitrogens with one attached hydrogen (secondary N) is 3. The smallest absolute Gasteiger partial charge is 0.407 e. The normalized spacial score (nSPS) is 18.2. The number of hydrogen-bond donors (Lipinski definition) is 4. The third-order valence-electron chi connectivity index (χ3n) is 5.32. The molecule has 1 aliphatic carbocycles. The number of carbonyl (C=O) groups excluding carboxylic acids is 2. The van der Waals surface area contributed by atoms with E-state index in [9.17, 15) is 18.4 Å². The number of halogens is 2. The monoisotopic (exact) mass is 476 g/mol. The molecule has 9 nitrogen and oxygen atoms in total. The summed E-state index contributed by atoms with van der Waals surface area (Å²) < 4.78 is 34.1. The molecule has 2 heterocycles. The average molecular weight is 477 g/mol. The highest BCUT2D eigenvalue weighted by molar-refractivity contribution is 5.98. The molecule has 11 heteroatoms. The Hall–Kier alpha value is -3.50. The Bertz CT molecular complexity index is 1070. The van der Waals surface area contributed by atoms with Gasteiger partial charge in [0.05, 0.1) is 29.2 Å². The number of nitrogens with zero attached hydrogens (tertiary/aromatic N) is 2. The van der Waals surface area contributed by atoms with Crippen LogP contribution in [0.2, 0.25) is 0 Å². The van der Waals surface area contributed by atoms with Gasteiger partial charge >= 0.3 is 6.09 Å². The molecule has 2 amide bonds. The molecule has 2 atom stereocenters. The van der Waals surface area contributed by atoms with Crippen LogP contribution < -0.4 is 21.7 Å². The second-order valence-corrected chi connectivity index (χ2v) is 9.28. The molecule has 0 radical (unpaired) electrons. The lowest BCUT2D eigenvalue weighted by molar-refractivity contribution is 0.0488. The van der Waals surface area contributed by atoms with E-state index in [1.54, 1.807) is 20.8 Å². The minimum Gasteiger partial charge on any atom is -0.444 e. The van der Waals surface area contributed by atoms with Gasteiger partial charge in [0.15, 0.2) is 11.6 Å². The predicted molar refractivity (Wildman–Crippen MR) is 124 cm³/mol. The van der Waals surface area contributed by atoms with Gasteiger partial charge in [-0.15, -0.1) is 0 Å². The first-order valence-corrected chi connectivity index (χ1v) is 11.1. The number of ether oxygens (including phenoxy) is 1. The molecule has 0 aromatic carbocycles. The molecule has 2 aromatic heterocycles. The van der Waals surface area contributed by atoms with Gasteiger partial charge in [0, 0.05) is 12.1 Å². The summed E-state index contributed by atoms with van der Waals surface area (Å²) in [5.74, 6) is -2.41. The Kier molecular flexibility index (Phi) is 7.53. The van der Waals surface area contributed by atoms with E-state index in [-0.39, 0.29) is 40.7 Å². The maximum atomic E-state index is 14.9. The van der Waals surface area contributed by atoms with Crippen molar-refractivity contribution in [2.75, 3.05) is 10.6 Å². The Balaban J connectivity index is 1.84. The number of amides is 2. The Morgan fingerprint density at radius 1 is 1.09 bits per heavy atom. The van der Waals surface area contributed by atoms with Crippen molar-refractivity contribution in [2.24, 2.45) is 5.73 Å². The van der Waals surface area contributed by atoms with Gasteiger partial charge in [0.1, 0.15) is 17.2 Å². The predicted octanol–water partition coefficient (Wildman–Crippen LogP) is 4.15. The maximum absolute atomic E-state index is 14.9. The molecule has 1 saturated carbocycles. The van der Waals surface area contributed by atoms with Crippen molar-refractivity contribution in [1.29, 1.82) is 0 Å². The van der Waals surface area contributed by atoms with E-state index in [1.807, 2.05) is 0 Å². The summed E-state index contributed by atoms with van der Waals surface area (Å²) in [6, 6.07) is 1.52. The number of primary amides is 1. The van der Waals surface area contributed by atoms with Gasteiger partial charge in [-0.2, -0.15) is 0 Å². The van der Waals surface area contributed by atoms with Gasteiger partial charge in [0.2, 0.25) is 0 Å². The van der Waals surface area contributed by atoms with Crippen LogP contribution in [0.1, 0.15) is 62.5 Å². The molecular formula is C23H30F2N6O3. The fourth-order valence-corrected chi connectivity index (χ4v) is 3.70. The summed E-state index contributed by atoms with van der Waals surface area (Å²) in [7, 11) is 0. The summed E-state index contributed by atoms with van der Waals surface area (Å²) >= 11 is 0. The van der Waals surface area contributed by atoms with Crippen molar-refractivity contribution >= 4 is 29.3 Å². The van der Waals surface area contributed by atoms with Crippen molar-refractivity contribution in [3.63, 3.8) is 0 Å². The number of anilines is 3. The minimum absolute atomic E-state index is 0.0473. The Morgan fingerprint density at radius 2 is 1.76 bits per heavy atom. The first-order chi connectivity index (χ1) is 15.9. The number of nitrogens with two attached hydrogens (primary N) is 1. The lowest BCUT2D eigenvalue weighted by Crippen LogP contribution is -2.50. The first kappa shape index (κ1) is 25.1. The van der Waals surface area contributed by atoms with Crippen LogP contribution in [0.3, 0.4) is 0 Å². The molecule has 34 heavy (non-hydrogen) atoms. The number of hydrogen-bond acceptors (Lipinski definition) is 7. The van der Waals surface area contributed by atoms with E-state index < -0.39 is 29.2 Å². The average Bonchev–Trinajstić information content (AvgIpc) is 2.72. The minimum atomic E-state index is -0.900. The number of carbonyl (C=O) groups is 2. The SMILES string of the molecule is Cc1ncc(Nc2nc(N[C@@H]3CCCC[C@@H]3NC(=O)OC(C)(C)C)c(F)cc2C(N)=O)cc1F. The molecule has 3 rings (SSSR count). The van der Waals surface area contributed by atoms with E-state index in [2.05, 4.69) is 25.9 Å². The van der Waals surface area contributed by atoms with Gasteiger partial charge < -0.3 is 26.4 Å². The van der Waals surface area contributed by atoms with E-state index in [1.165, 1.54) is 19.2 Å². The van der Waals surface area contributed by atoms with Gasteiger partial charge in [-0.25, -0.2) is 18.6 Å². The second kappa shape index (κ2) is 10.2. The molecule has 5 N–H and O–H groups in total. The Labute approximate surface area is 196 Å². The molecule has 0 saturated heterocycles. The quantitative estimate of drug-likeness (QED) is 0.492. The number of rotatable bonds is 6. The number of aromatic nitrogens is 2. The highest BCUT2D eigenvalue weighted by Crippen LogP contribution is 2.27. The van der Waals surface area contributed by atoms with Crippen LogP contribution in [-0.4, -0.2) is 39.7 Å². The van der Waals surface area contributed by atoms with Crippen LogP contribution in [0.25, 0.3) is 0 Å². The zero-order valence-electron chi connectivity index (χ0n) is 19.7. The molecule has 0 unspecified atom stereocenters. The maximum Gasteiger partial charge on any atom is 0.407 e. The van der Waals surface area contributed by atoms with Crippen LogP contribution in [-0.2, 0) is 4.74 Å². The van der Waals surface area contributed by atoms with Crippen LogP contribution in [0.4, 0.5) is 30.9 Å². The van der Waals surface area contributed by atoms with E-state index in [0.29, 0.717) is 12.8 Å². The van der Waals surface area contributed by atoms with Crippen LogP contribution in [0.5, 0.6) is 0 Å². The largest absolute Gasteiger partial charge is 0.444 e. The lowest BCUT2D eigenvalue weighted by atomic mass is 9.90. The summed E-state index contributed by atoms with van der Waals surface area (Å²) in [4.78, 5) is 32.3. The van der Waals surface area contributed by atoms with Crippen molar-refractivity contribution < 1.29 is 23.1 Å². The van der Waals surface area contributed by atoms with Gasteiger partial charge in [0.25, 0.3) is 5.91 Å². The molecule has 1 aliphatic rings. The summed E-state index contributed by atoms with van der Waals surface area (Å²) in [5, 5.41) is 8.67. The topological polar surface area (TPSA) is 131 Å². The third kappa shape index (κ3) is 6.52. The Morgan fingerprint density at radius 3 is 2.38 bits per heavy atom.